The number of halogens is 2. The number of aryl methyl sites for hydroxylation is 1. The van der Waals surface area contributed by atoms with E-state index in [1.54, 1.807) is 24.3 Å². The number of oxime groups is 1. The Morgan fingerprint density at radius 2 is 2.14 bits per heavy atom. The number of hydrogen-bond donors (Lipinski definition) is 2. The summed E-state index contributed by atoms with van der Waals surface area (Å²) in [6, 6.07) is 9.86. The second kappa shape index (κ2) is 6.45. The van der Waals surface area contributed by atoms with Gasteiger partial charge in [0.05, 0.1) is 5.56 Å². The molecule has 2 rings (SSSR count). The molecule has 3 N–H and O–H groups in total. The predicted octanol–water partition coefficient (Wildman–Crippen LogP) is 3.46. The summed E-state index contributed by atoms with van der Waals surface area (Å²) in [7, 11) is 0. The van der Waals surface area contributed by atoms with E-state index in [9.17, 15) is 4.39 Å². The molecule has 0 aliphatic heterocycles. The number of ether oxygens (including phenoxy) is 1. The van der Waals surface area contributed by atoms with Crippen molar-refractivity contribution in [3.05, 3.63) is 63.9 Å². The first-order chi connectivity index (χ1) is 10.0. The fourth-order valence-electron chi connectivity index (χ4n) is 1.83. The molecule has 21 heavy (non-hydrogen) atoms. The van der Waals surface area contributed by atoms with Gasteiger partial charge in [-0.05, 0) is 30.7 Å². The quantitative estimate of drug-likeness (QED) is 0.393. The third-order valence-electron chi connectivity index (χ3n) is 3.00. The van der Waals surface area contributed by atoms with Gasteiger partial charge in [0.15, 0.2) is 5.84 Å². The van der Waals surface area contributed by atoms with E-state index >= 15 is 0 Å². The van der Waals surface area contributed by atoms with Gasteiger partial charge in [-0.15, -0.1) is 0 Å². The highest BCUT2D eigenvalue weighted by molar-refractivity contribution is 6.30. The van der Waals surface area contributed by atoms with Crippen molar-refractivity contribution in [1.82, 2.24) is 0 Å². The lowest BCUT2D eigenvalue weighted by Crippen LogP contribution is -2.16. The first-order valence-electron chi connectivity index (χ1n) is 6.17. The first-order valence-corrected chi connectivity index (χ1v) is 6.55. The van der Waals surface area contributed by atoms with E-state index < -0.39 is 5.82 Å². The molecule has 0 bridgehead atoms. The molecule has 0 spiro atoms. The van der Waals surface area contributed by atoms with Crippen LogP contribution in [0.4, 0.5) is 4.39 Å². The van der Waals surface area contributed by atoms with E-state index in [4.69, 9.17) is 27.3 Å². The molecule has 0 saturated heterocycles. The number of amidine groups is 1. The molecule has 0 unspecified atom stereocenters. The highest BCUT2D eigenvalue weighted by Gasteiger charge is 2.12. The number of hydrogen-bond acceptors (Lipinski definition) is 3. The Labute approximate surface area is 126 Å². The second-order valence-corrected chi connectivity index (χ2v) is 4.90. The SMILES string of the molecule is Cc1ccc(Cl)cc1OCc1cccc(/C(N)=N/O)c1F. The van der Waals surface area contributed by atoms with Crippen LogP contribution in [-0.2, 0) is 6.61 Å². The smallest absolute Gasteiger partial charge is 0.173 e. The number of nitrogens with two attached hydrogens (primary N) is 1. The van der Waals surface area contributed by atoms with Crippen LogP contribution in [0.2, 0.25) is 5.02 Å². The molecule has 6 heteroatoms. The third-order valence-corrected chi connectivity index (χ3v) is 3.23. The number of nitrogens with zero attached hydrogens (tertiary/aromatic N) is 1. The maximum atomic E-state index is 14.2. The van der Waals surface area contributed by atoms with Crippen molar-refractivity contribution in [3.8, 4) is 5.75 Å². The molecule has 0 aliphatic rings. The molecule has 4 nitrogen and oxygen atoms in total. The lowest BCUT2D eigenvalue weighted by molar-refractivity contribution is 0.297. The molecule has 0 aliphatic carbocycles. The van der Waals surface area contributed by atoms with Gasteiger partial charge < -0.3 is 15.7 Å². The van der Waals surface area contributed by atoms with Crippen molar-refractivity contribution in [3.63, 3.8) is 0 Å². The average Bonchev–Trinajstić information content (AvgIpc) is 2.48. The van der Waals surface area contributed by atoms with Crippen LogP contribution >= 0.6 is 11.6 Å². The van der Waals surface area contributed by atoms with Gasteiger partial charge >= 0.3 is 0 Å². The molecule has 0 amide bonds. The number of rotatable bonds is 4. The van der Waals surface area contributed by atoms with Crippen LogP contribution in [0.25, 0.3) is 0 Å². The first kappa shape index (κ1) is 15.1. The van der Waals surface area contributed by atoms with Crippen LogP contribution in [0.15, 0.2) is 41.6 Å². The molecular weight excluding hydrogens is 295 g/mol. The van der Waals surface area contributed by atoms with Crippen molar-refractivity contribution in [1.29, 1.82) is 0 Å². The van der Waals surface area contributed by atoms with Crippen LogP contribution in [0, 0.1) is 12.7 Å². The van der Waals surface area contributed by atoms with Crippen LogP contribution < -0.4 is 10.5 Å². The van der Waals surface area contributed by atoms with Crippen LogP contribution in [-0.4, -0.2) is 11.0 Å². The Balaban J connectivity index is 2.23. The normalized spacial score (nSPS) is 11.5. The Kier molecular flexibility index (Phi) is 4.65. The van der Waals surface area contributed by atoms with E-state index in [2.05, 4.69) is 5.16 Å². The van der Waals surface area contributed by atoms with Crippen LogP contribution in [0.1, 0.15) is 16.7 Å². The topological polar surface area (TPSA) is 67.8 Å². The molecular formula is C15H14ClFN2O2. The van der Waals surface area contributed by atoms with Crippen LogP contribution in [0.5, 0.6) is 5.75 Å². The Morgan fingerprint density at radius 1 is 1.38 bits per heavy atom. The van der Waals surface area contributed by atoms with Gasteiger partial charge in [0.2, 0.25) is 0 Å². The summed E-state index contributed by atoms with van der Waals surface area (Å²) < 4.78 is 19.8. The maximum Gasteiger partial charge on any atom is 0.173 e. The Morgan fingerprint density at radius 3 is 2.86 bits per heavy atom. The molecule has 0 aromatic heterocycles. The van der Waals surface area contributed by atoms with E-state index in [0.717, 1.165) is 5.56 Å². The molecule has 110 valence electrons. The van der Waals surface area contributed by atoms with E-state index in [1.807, 2.05) is 13.0 Å². The predicted molar refractivity (Wildman–Crippen MR) is 79.4 cm³/mol. The minimum Gasteiger partial charge on any atom is -0.488 e. The summed E-state index contributed by atoms with van der Waals surface area (Å²) in [5.74, 6) is -0.281. The lowest BCUT2D eigenvalue weighted by Gasteiger charge is -2.11. The van der Waals surface area contributed by atoms with Crippen LogP contribution in [0.3, 0.4) is 0 Å². The van der Waals surface area contributed by atoms with E-state index in [0.29, 0.717) is 16.3 Å². The molecule has 0 fully saturated rings. The molecule has 2 aromatic carbocycles. The fraction of sp³-hybridized carbons (Fsp3) is 0.133. The van der Waals surface area contributed by atoms with Crippen molar-refractivity contribution >= 4 is 17.4 Å². The summed E-state index contributed by atoms with van der Waals surface area (Å²) in [6.07, 6.45) is 0. The van der Waals surface area contributed by atoms with Gasteiger partial charge in [-0.1, -0.05) is 35.0 Å². The Hall–Kier alpha value is -2.27. The summed E-state index contributed by atoms with van der Waals surface area (Å²) in [4.78, 5) is 0. The highest BCUT2D eigenvalue weighted by atomic mass is 35.5. The lowest BCUT2D eigenvalue weighted by atomic mass is 10.1. The largest absolute Gasteiger partial charge is 0.488 e. The van der Waals surface area contributed by atoms with Crippen molar-refractivity contribution in [2.45, 2.75) is 13.5 Å². The maximum absolute atomic E-state index is 14.2. The van der Waals surface area contributed by atoms with Gasteiger partial charge in [0.1, 0.15) is 18.2 Å². The minimum absolute atomic E-state index is 0.0135. The summed E-state index contributed by atoms with van der Waals surface area (Å²) in [5, 5.41) is 12.0. The Bertz CT molecular complexity index is 689. The van der Waals surface area contributed by atoms with Crippen molar-refractivity contribution < 1.29 is 14.3 Å². The van der Waals surface area contributed by atoms with E-state index in [-0.39, 0.29) is 18.0 Å². The van der Waals surface area contributed by atoms with Gasteiger partial charge in [-0.25, -0.2) is 4.39 Å². The van der Waals surface area contributed by atoms with Crippen molar-refractivity contribution in [2.24, 2.45) is 10.9 Å². The monoisotopic (exact) mass is 308 g/mol. The zero-order chi connectivity index (χ0) is 15.4. The second-order valence-electron chi connectivity index (χ2n) is 4.46. The summed E-state index contributed by atoms with van der Waals surface area (Å²) in [5.41, 5.74) is 6.65. The van der Waals surface area contributed by atoms with Gasteiger partial charge in [-0.2, -0.15) is 0 Å². The molecule has 0 radical (unpaired) electrons. The summed E-state index contributed by atoms with van der Waals surface area (Å²) >= 11 is 5.90. The zero-order valence-electron chi connectivity index (χ0n) is 11.3. The zero-order valence-corrected chi connectivity index (χ0v) is 12.1. The molecule has 2 aromatic rings. The highest BCUT2D eigenvalue weighted by Crippen LogP contribution is 2.24. The number of benzene rings is 2. The minimum atomic E-state index is -0.576. The third kappa shape index (κ3) is 3.44. The van der Waals surface area contributed by atoms with Gasteiger partial charge in [0.25, 0.3) is 0 Å². The van der Waals surface area contributed by atoms with Crippen molar-refractivity contribution in [2.75, 3.05) is 0 Å². The van der Waals surface area contributed by atoms with E-state index in [1.165, 1.54) is 6.07 Å². The average molecular weight is 309 g/mol. The molecule has 0 heterocycles. The molecule has 0 saturated carbocycles. The van der Waals surface area contributed by atoms with Gasteiger partial charge in [-0.3, -0.25) is 0 Å². The van der Waals surface area contributed by atoms with Gasteiger partial charge in [0, 0.05) is 10.6 Å². The summed E-state index contributed by atoms with van der Waals surface area (Å²) in [6.45, 7) is 1.88. The standard InChI is InChI=1S/C15H14ClFN2O2/c1-9-5-6-11(16)7-13(9)21-8-10-3-2-4-12(14(10)17)15(18)19-20/h2-7,20H,8H2,1H3,(H2,18,19). The fourth-order valence-corrected chi connectivity index (χ4v) is 1.99. The molecule has 0 atom stereocenters.